The van der Waals surface area contributed by atoms with Crippen molar-refractivity contribution in [3.05, 3.63) is 107 Å². The number of para-hydroxylation sites is 1. The number of benzene rings is 3. The van der Waals surface area contributed by atoms with Gasteiger partial charge in [0.05, 0.1) is 0 Å². The van der Waals surface area contributed by atoms with E-state index in [0.717, 1.165) is 19.5 Å². The summed E-state index contributed by atoms with van der Waals surface area (Å²) in [6.07, 6.45) is 6.15. The summed E-state index contributed by atoms with van der Waals surface area (Å²) in [4.78, 5) is 2.79. The van der Waals surface area contributed by atoms with Crippen LogP contribution in [0.5, 0.6) is 0 Å². The van der Waals surface area contributed by atoms with E-state index in [-0.39, 0.29) is 0 Å². The van der Waals surface area contributed by atoms with Crippen molar-refractivity contribution in [2.24, 2.45) is 0 Å². The van der Waals surface area contributed by atoms with E-state index in [4.69, 9.17) is 0 Å². The highest BCUT2D eigenvalue weighted by molar-refractivity contribution is 5.86. The molecule has 2 unspecified atom stereocenters. The van der Waals surface area contributed by atoms with E-state index in [1.54, 1.807) is 11.3 Å². The molecule has 1 fully saturated rings. The van der Waals surface area contributed by atoms with Gasteiger partial charge in [-0.25, -0.2) is 0 Å². The smallest absolute Gasteiger partial charge is 0.0486 e. The maximum atomic E-state index is 2.79. The average molecular weight is 407 g/mol. The number of hydrogen-bond donors (Lipinski definition) is 0. The predicted molar refractivity (Wildman–Crippen MR) is 128 cm³/mol. The molecule has 0 saturated carbocycles. The summed E-state index contributed by atoms with van der Waals surface area (Å²) in [5.74, 6) is 0. The first-order chi connectivity index (χ1) is 15.4. The molecule has 3 aromatic carbocycles. The molecule has 2 aliphatic rings. The second kappa shape index (κ2) is 8.01. The van der Waals surface area contributed by atoms with Gasteiger partial charge in [0, 0.05) is 48.2 Å². The monoisotopic (exact) mass is 406 g/mol. The summed E-state index contributed by atoms with van der Waals surface area (Å²) in [6.45, 7) is 2.19. The van der Waals surface area contributed by atoms with E-state index in [1.165, 1.54) is 47.7 Å². The van der Waals surface area contributed by atoms with Crippen LogP contribution in [-0.2, 0) is 25.9 Å². The van der Waals surface area contributed by atoms with Crippen molar-refractivity contribution >= 4 is 10.9 Å². The van der Waals surface area contributed by atoms with E-state index < -0.39 is 0 Å². The number of fused-ring (bicyclic) bond motifs is 6. The van der Waals surface area contributed by atoms with Crippen LogP contribution in [0, 0.1) is 0 Å². The van der Waals surface area contributed by atoms with Gasteiger partial charge in [0.2, 0.25) is 0 Å². The summed E-state index contributed by atoms with van der Waals surface area (Å²) in [6, 6.07) is 32.3. The van der Waals surface area contributed by atoms with Gasteiger partial charge in [-0.1, -0.05) is 78.9 Å². The Balaban J connectivity index is 1.32. The highest BCUT2D eigenvalue weighted by Crippen LogP contribution is 2.48. The average Bonchev–Trinajstić information content (AvgIpc) is 3.27. The summed E-state index contributed by atoms with van der Waals surface area (Å²) in [5.41, 5.74) is 7.57. The molecule has 0 spiro atoms. The van der Waals surface area contributed by atoms with Crippen LogP contribution in [-0.4, -0.2) is 15.5 Å². The van der Waals surface area contributed by atoms with Gasteiger partial charge in [-0.15, -0.1) is 0 Å². The number of nitrogens with zero attached hydrogens (tertiary/aromatic N) is 2. The van der Waals surface area contributed by atoms with Gasteiger partial charge in [-0.05, 0) is 48.4 Å². The van der Waals surface area contributed by atoms with Gasteiger partial charge in [0.15, 0.2) is 0 Å². The number of aromatic nitrogens is 1. The first-order valence-electron chi connectivity index (χ1n) is 11.8. The zero-order chi connectivity index (χ0) is 20.6. The summed E-state index contributed by atoms with van der Waals surface area (Å²) >= 11 is 0. The normalized spacial score (nSPS) is 20.3. The second-order valence-electron chi connectivity index (χ2n) is 9.23. The maximum Gasteiger partial charge on any atom is 0.0486 e. The molecule has 156 valence electrons. The topological polar surface area (TPSA) is 8.17 Å². The van der Waals surface area contributed by atoms with E-state index in [9.17, 15) is 0 Å². The maximum absolute atomic E-state index is 2.79. The number of aryl methyl sites for hydroxylation is 2. The van der Waals surface area contributed by atoms with Crippen LogP contribution in [0.4, 0.5) is 0 Å². The lowest BCUT2D eigenvalue weighted by atomic mass is 9.96. The molecule has 2 nitrogen and oxygen atoms in total. The summed E-state index contributed by atoms with van der Waals surface area (Å²) in [5, 5.41) is 1.49. The first-order valence-corrected chi connectivity index (χ1v) is 11.8. The lowest BCUT2D eigenvalue weighted by Crippen LogP contribution is -2.37. The lowest BCUT2D eigenvalue weighted by Gasteiger charge is -2.36. The molecule has 0 amide bonds. The second-order valence-corrected chi connectivity index (χ2v) is 9.23. The van der Waals surface area contributed by atoms with E-state index in [0.29, 0.717) is 12.1 Å². The first kappa shape index (κ1) is 18.9. The van der Waals surface area contributed by atoms with Crippen molar-refractivity contribution in [2.75, 3.05) is 0 Å². The largest absolute Gasteiger partial charge is 0.344 e. The molecular weight excluding hydrogens is 376 g/mol. The Morgan fingerprint density at radius 3 is 2.26 bits per heavy atom. The third-order valence-electron chi connectivity index (χ3n) is 7.42. The van der Waals surface area contributed by atoms with Crippen LogP contribution >= 0.6 is 0 Å². The molecule has 1 saturated heterocycles. The zero-order valence-corrected chi connectivity index (χ0v) is 18.1. The minimum atomic E-state index is 0.564. The Kier molecular flexibility index (Phi) is 4.88. The SMILES string of the molecule is c1ccc(CCCn2c3c(c4ccccc42)C2CCC(C3)N2Cc2ccccc2)cc1. The van der Waals surface area contributed by atoms with Gasteiger partial charge >= 0.3 is 0 Å². The third kappa shape index (κ3) is 3.40. The fourth-order valence-electron chi connectivity index (χ4n) is 6.04. The number of rotatable bonds is 6. The molecule has 6 rings (SSSR count). The molecule has 2 atom stereocenters. The van der Waals surface area contributed by atoms with Crippen molar-refractivity contribution in [1.82, 2.24) is 9.47 Å². The molecule has 2 bridgehead atoms. The van der Waals surface area contributed by atoms with Crippen molar-refractivity contribution in [3.63, 3.8) is 0 Å². The molecule has 0 radical (unpaired) electrons. The highest BCUT2D eigenvalue weighted by atomic mass is 15.2. The van der Waals surface area contributed by atoms with Gasteiger partial charge in [0.1, 0.15) is 0 Å². The summed E-state index contributed by atoms with van der Waals surface area (Å²) in [7, 11) is 0. The van der Waals surface area contributed by atoms with E-state index >= 15 is 0 Å². The van der Waals surface area contributed by atoms with Crippen molar-refractivity contribution in [2.45, 2.75) is 57.3 Å². The summed E-state index contributed by atoms with van der Waals surface area (Å²) < 4.78 is 2.67. The van der Waals surface area contributed by atoms with Gasteiger partial charge in [0.25, 0.3) is 0 Å². The molecule has 0 aliphatic carbocycles. The molecular formula is C29H30N2. The Labute approximate surface area is 185 Å². The fourth-order valence-corrected chi connectivity index (χ4v) is 6.04. The van der Waals surface area contributed by atoms with Crippen molar-refractivity contribution in [3.8, 4) is 0 Å². The minimum Gasteiger partial charge on any atom is -0.344 e. The molecule has 4 aromatic rings. The van der Waals surface area contributed by atoms with Crippen LogP contribution in [0.2, 0.25) is 0 Å². The minimum absolute atomic E-state index is 0.564. The molecule has 31 heavy (non-hydrogen) atoms. The van der Waals surface area contributed by atoms with Crippen LogP contribution in [0.15, 0.2) is 84.9 Å². The van der Waals surface area contributed by atoms with Gasteiger partial charge < -0.3 is 4.57 Å². The molecule has 0 N–H and O–H groups in total. The Morgan fingerprint density at radius 1 is 0.742 bits per heavy atom. The Hall–Kier alpha value is -2.84. The van der Waals surface area contributed by atoms with Crippen molar-refractivity contribution in [1.29, 1.82) is 0 Å². The number of hydrogen-bond acceptors (Lipinski definition) is 1. The van der Waals surface area contributed by atoms with E-state index in [1.807, 2.05) is 0 Å². The van der Waals surface area contributed by atoms with Crippen LogP contribution in [0.25, 0.3) is 10.9 Å². The van der Waals surface area contributed by atoms with Gasteiger partial charge in [-0.2, -0.15) is 0 Å². The van der Waals surface area contributed by atoms with Gasteiger partial charge in [-0.3, -0.25) is 4.90 Å². The zero-order valence-electron chi connectivity index (χ0n) is 18.1. The Morgan fingerprint density at radius 2 is 1.45 bits per heavy atom. The fraction of sp³-hybridized carbons (Fsp3) is 0.310. The predicted octanol–water partition coefficient (Wildman–Crippen LogP) is 6.54. The molecule has 1 aromatic heterocycles. The van der Waals surface area contributed by atoms with Crippen LogP contribution in [0.1, 0.15) is 47.7 Å². The van der Waals surface area contributed by atoms with E-state index in [2.05, 4.69) is 94.4 Å². The molecule has 3 heterocycles. The Bertz CT molecular complexity index is 1180. The third-order valence-corrected chi connectivity index (χ3v) is 7.42. The van der Waals surface area contributed by atoms with Crippen molar-refractivity contribution < 1.29 is 0 Å². The highest BCUT2D eigenvalue weighted by Gasteiger charge is 2.42. The lowest BCUT2D eigenvalue weighted by molar-refractivity contribution is 0.167. The quantitative estimate of drug-likeness (QED) is 0.353. The van der Waals surface area contributed by atoms with Crippen LogP contribution < -0.4 is 0 Å². The standard InChI is InChI=1S/C29H30N2/c1-3-10-22(11-4-1)14-9-19-30-26-16-8-7-15-25(26)29-27-18-17-24(20-28(29)30)31(27)21-23-12-5-2-6-13-23/h1-8,10-13,15-16,24,27H,9,14,17-21H2. The van der Waals surface area contributed by atoms with Crippen LogP contribution in [0.3, 0.4) is 0 Å². The molecule has 2 aliphatic heterocycles. The molecule has 2 heteroatoms.